The van der Waals surface area contributed by atoms with Crippen LogP contribution in [0.15, 0.2) is 40.9 Å². The maximum absolute atomic E-state index is 6.13. The van der Waals surface area contributed by atoms with Crippen molar-refractivity contribution >= 4 is 15.9 Å². The van der Waals surface area contributed by atoms with E-state index < -0.39 is 0 Å². The largest absolute Gasteiger partial charge is 0.495 e. The first-order chi connectivity index (χ1) is 10.1. The topological polar surface area (TPSA) is 44.5 Å². The molecule has 3 nitrogen and oxygen atoms in total. The van der Waals surface area contributed by atoms with Crippen molar-refractivity contribution in [3.05, 3.63) is 46.4 Å². The Morgan fingerprint density at radius 2 is 1.90 bits per heavy atom. The van der Waals surface area contributed by atoms with Gasteiger partial charge in [-0.1, -0.05) is 25.1 Å². The highest BCUT2D eigenvalue weighted by molar-refractivity contribution is 9.10. The first-order valence-electron chi connectivity index (χ1n) is 6.88. The molecule has 0 heterocycles. The second-order valence-corrected chi connectivity index (χ2v) is 5.60. The molecule has 2 aromatic carbocycles. The minimum Gasteiger partial charge on any atom is -0.495 e. The first-order valence-corrected chi connectivity index (χ1v) is 7.68. The van der Waals surface area contributed by atoms with Gasteiger partial charge in [-0.3, -0.25) is 0 Å². The zero-order valence-corrected chi connectivity index (χ0v) is 14.1. The Hall–Kier alpha value is -1.52. The molecule has 0 aliphatic rings. The fourth-order valence-corrected chi connectivity index (χ4v) is 2.96. The van der Waals surface area contributed by atoms with Gasteiger partial charge in [0.25, 0.3) is 0 Å². The smallest absolute Gasteiger partial charge is 0.144 e. The number of rotatable bonds is 5. The molecule has 0 aliphatic heterocycles. The van der Waals surface area contributed by atoms with Gasteiger partial charge in [-0.15, -0.1) is 0 Å². The number of hydrogen-bond donors (Lipinski definition) is 1. The van der Waals surface area contributed by atoms with E-state index in [0.717, 1.165) is 39.1 Å². The lowest BCUT2D eigenvalue weighted by Crippen LogP contribution is -2.08. The summed E-state index contributed by atoms with van der Waals surface area (Å²) in [5.74, 6) is 1.51. The van der Waals surface area contributed by atoms with Crippen molar-refractivity contribution < 1.29 is 9.47 Å². The minimum atomic E-state index is 0.0534. The van der Waals surface area contributed by atoms with Crippen molar-refractivity contribution in [3.8, 4) is 22.6 Å². The molecule has 2 aromatic rings. The molecule has 2 rings (SSSR count). The molecule has 0 fully saturated rings. The standard InChI is InChI=1S/C17H20BrNO2/c1-4-14(19)12-7-5-6-11(10-12)13-8-9-15(20-2)16(18)17(13)21-3/h5-10,14H,4,19H2,1-3H3. The molecular weight excluding hydrogens is 330 g/mol. The molecular formula is C17H20BrNO2. The Morgan fingerprint density at radius 1 is 1.14 bits per heavy atom. The third-order valence-corrected chi connectivity index (χ3v) is 4.30. The van der Waals surface area contributed by atoms with Crippen LogP contribution in [0.2, 0.25) is 0 Å². The SMILES string of the molecule is CCC(N)c1cccc(-c2ccc(OC)c(Br)c2OC)c1. The van der Waals surface area contributed by atoms with Crippen molar-refractivity contribution in [1.82, 2.24) is 0 Å². The van der Waals surface area contributed by atoms with Crippen LogP contribution in [0.5, 0.6) is 11.5 Å². The molecule has 112 valence electrons. The van der Waals surface area contributed by atoms with E-state index in [4.69, 9.17) is 15.2 Å². The summed E-state index contributed by atoms with van der Waals surface area (Å²) >= 11 is 3.54. The monoisotopic (exact) mass is 349 g/mol. The van der Waals surface area contributed by atoms with Gasteiger partial charge < -0.3 is 15.2 Å². The van der Waals surface area contributed by atoms with E-state index in [1.54, 1.807) is 14.2 Å². The van der Waals surface area contributed by atoms with Crippen LogP contribution in [-0.4, -0.2) is 14.2 Å². The zero-order valence-electron chi connectivity index (χ0n) is 12.5. The predicted molar refractivity (Wildman–Crippen MR) is 89.9 cm³/mol. The molecule has 0 saturated carbocycles. The second kappa shape index (κ2) is 6.96. The molecule has 21 heavy (non-hydrogen) atoms. The third kappa shape index (κ3) is 3.22. The minimum absolute atomic E-state index is 0.0534. The number of nitrogens with two attached hydrogens (primary N) is 1. The van der Waals surface area contributed by atoms with E-state index >= 15 is 0 Å². The molecule has 0 bridgehead atoms. The van der Waals surface area contributed by atoms with Gasteiger partial charge in [0.05, 0.1) is 14.2 Å². The number of hydrogen-bond acceptors (Lipinski definition) is 3. The maximum Gasteiger partial charge on any atom is 0.144 e. The van der Waals surface area contributed by atoms with E-state index in [9.17, 15) is 0 Å². The summed E-state index contributed by atoms with van der Waals surface area (Å²) in [6.07, 6.45) is 0.910. The van der Waals surface area contributed by atoms with Gasteiger partial charge in [-0.2, -0.15) is 0 Å². The summed E-state index contributed by atoms with van der Waals surface area (Å²) in [6.45, 7) is 2.09. The van der Waals surface area contributed by atoms with Crippen molar-refractivity contribution in [1.29, 1.82) is 0 Å². The molecule has 0 radical (unpaired) electrons. The van der Waals surface area contributed by atoms with Gasteiger partial charge in [0, 0.05) is 11.6 Å². The normalized spacial score (nSPS) is 12.0. The van der Waals surface area contributed by atoms with Crippen LogP contribution in [0.3, 0.4) is 0 Å². The van der Waals surface area contributed by atoms with Crippen LogP contribution in [0, 0.1) is 0 Å². The highest BCUT2D eigenvalue weighted by Crippen LogP contribution is 2.42. The van der Waals surface area contributed by atoms with E-state index in [2.05, 4.69) is 41.1 Å². The maximum atomic E-state index is 6.13. The van der Waals surface area contributed by atoms with E-state index in [1.807, 2.05) is 18.2 Å². The van der Waals surface area contributed by atoms with E-state index in [-0.39, 0.29) is 6.04 Å². The second-order valence-electron chi connectivity index (χ2n) is 4.80. The lowest BCUT2D eigenvalue weighted by atomic mass is 9.98. The number of benzene rings is 2. The van der Waals surface area contributed by atoms with Crippen molar-refractivity contribution in [2.24, 2.45) is 5.73 Å². The summed E-state index contributed by atoms with van der Waals surface area (Å²) in [7, 11) is 3.30. The van der Waals surface area contributed by atoms with Crippen LogP contribution in [0.25, 0.3) is 11.1 Å². The highest BCUT2D eigenvalue weighted by atomic mass is 79.9. The van der Waals surface area contributed by atoms with Gasteiger partial charge in [0.15, 0.2) is 0 Å². The molecule has 2 N–H and O–H groups in total. The van der Waals surface area contributed by atoms with Gasteiger partial charge >= 0.3 is 0 Å². The molecule has 4 heteroatoms. The average Bonchev–Trinajstić information content (AvgIpc) is 2.53. The highest BCUT2D eigenvalue weighted by Gasteiger charge is 2.15. The Morgan fingerprint density at radius 3 is 2.52 bits per heavy atom. The Balaban J connectivity index is 2.54. The molecule has 1 unspecified atom stereocenters. The van der Waals surface area contributed by atoms with Crippen LogP contribution in [0.1, 0.15) is 24.9 Å². The van der Waals surface area contributed by atoms with Crippen molar-refractivity contribution in [3.63, 3.8) is 0 Å². The summed E-state index contributed by atoms with van der Waals surface area (Å²) in [5, 5.41) is 0. The third-order valence-electron chi connectivity index (χ3n) is 3.55. The van der Waals surface area contributed by atoms with Gasteiger partial charge in [0.1, 0.15) is 16.0 Å². The molecule has 0 amide bonds. The lowest BCUT2D eigenvalue weighted by molar-refractivity contribution is 0.390. The molecule has 0 aliphatic carbocycles. The fraction of sp³-hybridized carbons (Fsp3) is 0.294. The number of halogens is 1. The number of ether oxygens (including phenoxy) is 2. The van der Waals surface area contributed by atoms with Gasteiger partial charge in [-0.05, 0) is 51.7 Å². The van der Waals surface area contributed by atoms with Crippen molar-refractivity contribution in [2.75, 3.05) is 14.2 Å². The van der Waals surface area contributed by atoms with Gasteiger partial charge in [-0.25, -0.2) is 0 Å². The van der Waals surface area contributed by atoms with Crippen LogP contribution in [-0.2, 0) is 0 Å². The molecule has 0 spiro atoms. The quantitative estimate of drug-likeness (QED) is 0.861. The van der Waals surface area contributed by atoms with Gasteiger partial charge in [0.2, 0.25) is 0 Å². The summed E-state index contributed by atoms with van der Waals surface area (Å²) in [6, 6.07) is 12.2. The summed E-state index contributed by atoms with van der Waals surface area (Å²) in [4.78, 5) is 0. The van der Waals surface area contributed by atoms with Crippen LogP contribution in [0.4, 0.5) is 0 Å². The Bertz CT molecular complexity index is 628. The zero-order chi connectivity index (χ0) is 15.4. The van der Waals surface area contributed by atoms with E-state index in [0.29, 0.717) is 0 Å². The summed E-state index contributed by atoms with van der Waals surface area (Å²) in [5.41, 5.74) is 9.35. The summed E-state index contributed by atoms with van der Waals surface area (Å²) < 4.78 is 11.7. The van der Waals surface area contributed by atoms with Crippen LogP contribution < -0.4 is 15.2 Å². The molecule has 1 atom stereocenters. The predicted octanol–water partition coefficient (Wildman–Crippen LogP) is 4.54. The Kier molecular flexibility index (Phi) is 5.26. The molecule has 0 aromatic heterocycles. The first kappa shape index (κ1) is 15.9. The van der Waals surface area contributed by atoms with Crippen LogP contribution >= 0.6 is 15.9 Å². The average molecular weight is 350 g/mol. The van der Waals surface area contributed by atoms with E-state index in [1.165, 1.54) is 0 Å². The lowest BCUT2D eigenvalue weighted by Gasteiger charge is -2.15. The fourth-order valence-electron chi connectivity index (χ4n) is 2.30. The Labute approximate surface area is 134 Å². The molecule has 0 saturated heterocycles. The number of methoxy groups -OCH3 is 2. The van der Waals surface area contributed by atoms with Crippen molar-refractivity contribution in [2.45, 2.75) is 19.4 Å².